The maximum absolute atomic E-state index is 12.5. The van der Waals surface area contributed by atoms with Gasteiger partial charge in [0.2, 0.25) is 0 Å². The van der Waals surface area contributed by atoms with Gasteiger partial charge in [0.25, 0.3) is 0 Å². The Bertz CT molecular complexity index is 620. The summed E-state index contributed by atoms with van der Waals surface area (Å²) in [7, 11) is 0. The van der Waals surface area contributed by atoms with Crippen molar-refractivity contribution in [1.29, 1.82) is 5.26 Å². The number of nitrogens with zero attached hydrogens (tertiary/aromatic N) is 2. The fraction of sp³-hybridized carbons (Fsp3) is 0.133. The molecule has 0 N–H and O–H groups in total. The second-order valence-electron chi connectivity index (χ2n) is 4.08. The molecule has 2 aromatic rings. The Morgan fingerprint density at radius 2 is 2.05 bits per heavy atom. The van der Waals surface area contributed by atoms with Crippen molar-refractivity contribution in [2.45, 2.75) is 12.3 Å². The number of ketones is 1. The fourth-order valence-corrected chi connectivity index (χ4v) is 2.25. The number of hydrogen-bond acceptors (Lipinski definition) is 3. The van der Waals surface area contributed by atoms with E-state index >= 15 is 0 Å². The third-order valence-corrected chi connectivity index (χ3v) is 3.24. The summed E-state index contributed by atoms with van der Waals surface area (Å²) in [6, 6.07) is 13.2. The summed E-state index contributed by atoms with van der Waals surface area (Å²) in [5.74, 6) is -0.524. The molecule has 0 spiro atoms. The van der Waals surface area contributed by atoms with Crippen LogP contribution in [0.25, 0.3) is 0 Å². The van der Waals surface area contributed by atoms with E-state index in [4.69, 9.17) is 5.26 Å². The summed E-state index contributed by atoms with van der Waals surface area (Å²) < 4.78 is 0.752. The van der Waals surface area contributed by atoms with Crippen LogP contribution in [-0.2, 0) is 0 Å². The van der Waals surface area contributed by atoms with Crippen molar-refractivity contribution in [2.24, 2.45) is 0 Å². The number of halogens is 1. The maximum Gasteiger partial charge on any atom is 0.172 e. The summed E-state index contributed by atoms with van der Waals surface area (Å²) in [5, 5.41) is 8.92. The van der Waals surface area contributed by atoms with E-state index in [0.717, 1.165) is 10.0 Å². The van der Waals surface area contributed by atoms with Gasteiger partial charge in [-0.2, -0.15) is 5.26 Å². The number of hydrogen-bond donors (Lipinski definition) is 0. The molecule has 1 aromatic heterocycles. The summed E-state index contributed by atoms with van der Waals surface area (Å²) in [4.78, 5) is 16.5. The van der Waals surface area contributed by atoms with Crippen molar-refractivity contribution >= 4 is 21.7 Å². The minimum atomic E-state index is -0.442. The third kappa shape index (κ3) is 3.27. The third-order valence-electron chi connectivity index (χ3n) is 2.80. The van der Waals surface area contributed by atoms with Gasteiger partial charge in [0.1, 0.15) is 0 Å². The highest BCUT2D eigenvalue weighted by Gasteiger charge is 2.22. The normalized spacial score (nSPS) is 11.6. The van der Waals surface area contributed by atoms with Gasteiger partial charge in [-0.1, -0.05) is 30.3 Å². The van der Waals surface area contributed by atoms with E-state index in [9.17, 15) is 4.79 Å². The highest BCUT2D eigenvalue weighted by Crippen LogP contribution is 2.24. The van der Waals surface area contributed by atoms with E-state index in [1.54, 1.807) is 12.3 Å². The molecule has 0 bridgehead atoms. The Morgan fingerprint density at radius 1 is 1.32 bits per heavy atom. The largest absolute Gasteiger partial charge is 0.293 e. The molecule has 1 aromatic carbocycles. The Hall–Kier alpha value is -1.99. The molecule has 1 heterocycles. The smallest absolute Gasteiger partial charge is 0.172 e. The number of nitriles is 1. The molecule has 0 aliphatic heterocycles. The van der Waals surface area contributed by atoms with Crippen molar-refractivity contribution in [3.05, 3.63) is 64.4 Å². The topological polar surface area (TPSA) is 53.8 Å². The van der Waals surface area contributed by atoms with Gasteiger partial charge in [-0.15, -0.1) is 0 Å². The van der Waals surface area contributed by atoms with Crippen LogP contribution < -0.4 is 0 Å². The molecule has 19 heavy (non-hydrogen) atoms. The summed E-state index contributed by atoms with van der Waals surface area (Å²) >= 11 is 3.30. The molecule has 0 saturated carbocycles. The van der Waals surface area contributed by atoms with E-state index < -0.39 is 5.92 Å². The number of carbonyl (C=O) groups is 1. The second kappa shape index (κ2) is 6.26. The standard InChI is InChI=1S/C15H11BrN2O/c16-13-8-12(9-18-10-13)15(19)14(6-7-17)11-4-2-1-3-5-11/h1-5,8-10,14H,6H2. The first kappa shape index (κ1) is 13.4. The first-order valence-corrected chi connectivity index (χ1v) is 6.58. The highest BCUT2D eigenvalue weighted by molar-refractivity contribution is 9.10. The first-order valence-electron chi connectivity index (χ1n) is 5.79. The van der Waals surface area contributed by atoms with Crippen molar-refractivity contribution < 1.29 is 4.79 Å². The lowest BCUT2D eigenvalue weighted by Crippen LogP contribution is -2.13. The molecule has 3 nitrogen and oxygen atoms in total. The van der Waals surface area contributed by atoms with Crippen LogP contribution in [0.3, 0.4) is 0 Å². The molecule has 0 saturated heterocycles. The summed E-state index contributed by atoms with van der Waals surface area (Å²) in [5.41, 5.74) is 1.37. The summed E-state index contributed by atoms with van der Waals surface area (Å²) in [6.45, 7) is 0. The maximum atomic E-state index is 12.5. The van der Waals surface area contributed by atoms with Crippen LogP contribution in [0.15, 0.2) is 53.3 Å². The molecule has 0 radical (unpaired) electrons. The second-order valence-corrected chi connectivity index (χ2v) is 5.00. The van der Waals surface area contributed by atoms with Gasteiger partial charge < -0.3 is 0 Å². The first-order chi connectivity index (χ1) is 9.22. The fourth-order valence-electron chi connectivity index (χ4n) is 1.89. The number of carbonyl (C=O) groups excluding carboxylic acids is 1. The molecule has 1 unspecified atom stereocenters. The monoisotopic (exact) mass is 314 g/mol. The average molecular weight is 315 g/mol. The predicted molar refractivity (Wildman–Crippen MR) is 75.7 cm³/mol. The van der Waals surface area contributed by atoms with Gasteiger partial charge in [-0.25, -0.2) is 0 Å². The van der Waals surface area contributed by atoms with Crippen molar-refractivity contribution in [1.82, 2.24) is 4.98 Å². The van der Waals surface area contributed by atoms with E-state index in [2.05, 4.69) is 27.0 Å². The molecule has 0 aliphatic carbocycles. The van der Waals surface area contributed by atoms with E-state index in [1.165, 1.54) is 6.20 Å². The van der Waals surface area contributed by atoms with Crippen LogP contribution in [0.2, 0.25) is 0 Å². The number of pyridine rings is 1. The van der Waals surface area contributed by atoms with Crippen LogP contribution in [0, 0.1) is 11.3 Å². The number of aromatic nitrogens is 1. The SMILES string of the molecule is N#CCC(C(=O)c1cncc(Br)c1)c1ccccc1. The Morgan fingerprint density at radius 3 is 2.68 bits per heavy atom. The van der Waals surface area contributed by atoms with Crippen molar-refractivity contribution in [3.63, 3.8) is 0 Å². The summed E-state index contributed by atoms with van der Waals surface area (Å²) in [6.07, 6.45) is 3.31. The minimum absolute atomic E-state index is 0.0819. The highest BCUT2D eigenvalue weighted by atomic mass is 79.9. The van der Waals surface area contributed by atoms with Crippen LogP contribution in [0.4, 0.5) is 0 Å². The zero-order chi connectivity index (χ0) is 13.7. The minimum Gasteiger partial charge on any atom is -0.293 e. The van der Waals surface area contributed by atoms with Gasteiger partial charge in [-0.3, -0.25) is 9.78 Å². The van der Waals surface area contributed by atoms with Gasteiger partial charge in [-0.05, 0) is 27.6 Å². The average Bonchev–Trinajstić information content (AvgIpc) is 2.45. The number of benzene rings is 1. The molecule has 94 valence electrons. The lowest BCUT2D eigenvalue weighted by atomic mass is 9.89. The zero-order valence-electron chi connectivity index (χ0n) is 10.1. The Labute approximate surface area is 120 Å². The van der Waals surface area contributed by atoms with E-state index in [0.29, 0.717) is 5.56 Å². The molecule has 0 fully saturated rings. The molecule has 0 aliphatic rings. The van der Waals surface area contributed by atoms with E-state index in [1.807, 2.05) is 30.3 Å². The molecule has 0 amide bonds. The van der Waals surface area contributed by atoms with Gasteiger partial charge in [0, 0.05) is 28.9 Å². The van der Waals surface area contributed by atoms with Crippen molar-refractivity contribution in [3.8, 4) is 6.07 Å². The predicted octanol–water partition coefficient (Wildman–Crippen LogP) is 3.72. The van der Waals surface area contributed by atoms with Crippen LogP contribution in [0.1, 0.15) is 28.3 Å². The molecule has 1 atom stereocenters. The lowest BCUT2D eigenvalue weighted by molar-refractivity contribution is 0.0960. The van der Waals surface area contributed by atoms with Crippen LogP contribution in [0.5, 0.6) is 0 Å². The molecular formula is C15H11BrN2O. The molecule has 4 heteroatoms. The number of Topliss-reactive ketones (excluding diaryl/α,β-unsaturated/α-hetero) is 1. The van der Waals surface area contributed by atoms with E-state index in [-0.39, 0.29) is 12.2 Å². The Kier molecular flexibility index (Phi) is 4.43. The zero-order valence-corrected chi connectivity index (χ0v) is 11.7. The van der Waals surface area contributed by atoms with Crippen LogP contribution >= 0.6 is 15.9 Å². The quantitative estimate of drug-likeness (QED) is 0.808. The lowest BCUT2D eigenvalue weighted by Gasteiger charge is -2.12. The van der Waals surface area contributed by atoms with Gasteiger partial charge in [0.15, 0.2) is 5.78 Å². The molecule has 2 rings (SSSR count). The Balaban J connectivity index is 2.35. The van der Waals surface area contributed by atoms with Crippen molar-refractivity contribution in [2.75, 3.05) is 0 Å². The van der Waals surface area contributed by atoms with Gasteiger partial charge >= 0.3 is 0 Å². The molecular weight excluding hydrogens is 304 g/mol. The van der Waals surface area contributed by atoms with Gasteiger partial charge in [0.05, 0.1) is 12.0 Å². The van der Waals surface area contributed by atoms with Crippen LogP contribution in [-0.4, -0.2) is 10.8 Å². The number of rotatable bonds is 4.